The molecule has 0 aliphatic rings. The van der Waals surface area contributed by atoms with Crippen LogP contribution in [-0.2, 0) is 11.8 Å². The summed E-state index contributed by atoms with van der Waals surface area (Å²) >= 11 is 0. The van der Waals surface area contributed by atoms with Crippen molar-refractivity contribution in [3.63, 3.8) is 0 Å². The molecule has 2 rings (SSSR count). The number of fused-ring (bicyclic) bond motifs is 1. The van der Waals surface area contributed by atoms with E-state index in [9.17, 15) is 4.79 Å². The van der Waals surface area contributed by atoms with E-state index in [0.29, 0.717) is 16.7 Å². The summed E-state index contributed by atoms with van der Waals surface area (Å²) in [6, 6.07) is 1.67. The maximum atomic E-state index is 11.1. The average Bonchev–Trinajstić information content (AvgIpc) is 2.57. The highest BCUT2D eigenvalue weighted by Gasteiger charge is 2.22. The molecule has 0 aliphatic heterocycles. The number of imidazole rings is 1. The van der Waals surface area contributed by atoms with Gasteiger partial charge in [0.05, 0.1) is 5.92 Å². The Kier molecular flexibility index (Phi) is 2.81. The third-order valence-electron chi connectivity index (χ3n) is 2.92. The van der Waals surface area contributed by atoms with Crippen LogP contribution in [0.15, 0.2) is 12.3 Å². The Morgan fingerprint density at radius 3 is 2.94 bits per heavy atom. The molecule has 0 amide bonds. The van der Waals surface area contributed by atoms with Gasteiger partial charge in [-0.2, -0.15) is 0 Å². The van der Waals surface area contributed by atoms with Crippen LogP contribution < -0.4 is 5.73 Å². The molecule has 0 saturated heterocycles. The third-order valence-corrected chi connectivity index (χ3v) is 2.92. The lowest BCUT2D eigenvalue weighted by molar-refractivity contribution is -0.138. The van der Waals surface area contributed by atoms with Crippen LogP contribution in [0.4, 0.5) is 0 Å². The lowest BCUT2D eigenvalue weighted by Crippen LogP contribution is -2.21. The molecular weight excluding hydrogens is 220 g/mol. The predicted molar refractivity (Wildman–Crippen MR) is 62.7 cm³/mol. The number of carboxylic acids is 1. The first-order valence-electron chi connectivity index (χ1n) is 5.27. The number of aromatic nitrogens is 3. The number of carboxylic acid groups (broad SMARTS) is 1. The van der Waals surface area contributed by atoms with E-state index in [1.54, 1.807) is 12.3 Å². The zero-order valence-electron chi connectivity index (χ0n) is 9.71. The second-order valence-electron chi connectivity index (χ2n) is 3.92. The molecule has 2 heterocycles. The number of nitrogens with zero attached hydrogens (tertiary/aromatic N) is 3. The van der Waals surface area contributed by atoms with Gasteiger partial charge in [0.2, 0.25) is 0 Å². The Labute approximate surface area is 98.1 Å². The zero-order valence-corrected chi connectivity index (χ0v) is 9.71. The second-order valence-corrected chi connectivity index (χ2v) is 3.92. The molecule has 3 N–H and O–H groups in total. The molecule has 17 heavy (non-hydrogen) atoms. The van der Waals surface area contributed by atoms with Crippen LogP contribution in [-0.4, -0.2) is 32.2 Å². The normalized spacial score (nSPS) is 12.9. The van der Waals surface area contributed by atoms with E-state index in [-0.39, 0.29) is 6.54 Å². The largest absolute Gasteiger partial charge is 0.481 e. The van der Waals surface area contributed by atoms with Crippen LogP contribution in [0, 0.1) is 6.92 Å². The summed E-state index contributed by atoms with van der Waals surface area (Å²) in [4.78, 5) is 19.7. The van der Waals surface area contributed by atoms with Crippen molar-refractivity contribution in [2.45, 2.75) is 12.8 Å². The highest BCUT2D eigenvalue weighted by atomic mass is 16.4. The third kappa shape index (κ3) is 1.76. The number of aryl methyl sites for hydroxylation is 2. The summed E-state index contributed by atoms with van der Waals surface area (Å²) in [5.41, 5.74) is 7.42. The molecule has 90 valence electrons. The number of rotatable bonds is 3. The van der Waals surface area contributed by atoms with Crippen LogP contribution in [0.2, 0.25) is 0 Å². The minimum absolute atomic E-state index is 0.0457. The van der Waals surface area contributed by atoms with Crippen molar-refractivity contribution in [2.75, 3.05) is 6.54 Å². The average molecular weight is 234 g/mol. The minimum Gasteiger partial charge on any atom is -0.481 e. The van der Waals surface area contributed by atoms with Crippen molar-refractivity contribution in [3.8, 4) is 0 Å². The Balaban J connectivity index is 2.69. The second kappa shape index (κ2) is 4.14. The number of pyridine rings is 1. The fourth-order valence-electron chi connectivity index (χ4n) is 1.85. The standard InChI is InChI=1S/C11H14N4O2/c1-6-14-9-7(8(5-12)11(16)17)3-4-13-10(9)15(6)2/h3-4,8H,5,12H2,1-2H3,(H,16,17). The van der Waals surface area contributed by atoms with Gasteiger partial charge in [-0.1, -0.05) is 0 Å². The van der Waals surface area contributed by atoms with E-state index in [2.05, 4.69) is 9.97 Å². The van der Waals surface area contributed by atoms with Gasteiger partial charge in [-0.3, -0.25) is 4.79 Å². The number of aliphatic carboxylic acids is 1. The van der Waals surface area contributed by atoms with Crippen molar-refractivity contribution in [2.24, 2.45) is 12.8 Å². The molecule has 6 heteroatoms. The van der Waals surface area contributed by atoms with Crippen LogP contribution in [0.25, 0.3) is 11.2 Å². The highest BCUT2D eigenvalue weighted by molar-refractivity contribution is 5.85. The smallest absolute Gasteiger partial charge is 0.312 e. The predicted octanol–water partition coefficient (Wildman–Crippen LogP) is 0.404. The summed E-state index contributed by atoms with van der Waals surface area (Å²) in [6.45, 7) is 1.90. The molecule has 2 aromatic heterocycles. The molecule has 0 radical (unpaired) electrons. The van der Waals surface area contributed by atoms with E-state index < -0.39 is 11.9 Å². The lowest BCUT2D eigenvalue weighted by Gasteiger charge is -2.09. The topological polar surface area (TPSA) is 94.0 Å². The van der Waals surface area contributed by atoms with Gasteiger partial charge in [-0.05, 0) is 18.6 Å². The molecule has 6 nitrogen and oxygen atoms in total. The highest BCUT2D eigenvalue weighted by Crippen LogP contribution is 2.23. The van der Waals surface area contributed by atoms with Gasteiger partial charge in [0.25, 0.3) is 0 Å². The number of nitrogens with two attached hydrogens (primary N) is 1. The Bertz CT molecular complexity index is 576. The molecule has 0 aliphatic carbocycles. The Morgan fingerprint density at radius 2 is 2.35 bits per heavy atom. The van der Waals surface area contributed by atoms with Gasteiger partial charge in [0.1, 0.15) is 11.3 Å². The van der Waals surface area contributed by atoms with E-state index in [0.717, 1.165) is 5.82 Å². The number of hydrogen-bond acceptors (Lipinski definition) is 4. The van der Waals surface area contributed by atoms with E-state index >= 15 is 0 Å². The summed E-state index contributed by atoms with van der Waals surface area (Å²) in [5, 5.41) is 9.13. The minimum atomic E-state index is -0.941. The van der Waals surface area contributed by atoms with Gasteiger partial charge in [-0.15, -0.1) is 0 Å². The van der Waals surface area contributed by atoms with Crippen molar-refractivity contribution in [1.29, 1.82) is 0 Å². The molecule has 0 fully saturated rings. The van der Waals surface area contributed by atoms with Gasteiger partial charge in [0, 0.05) is 19.8 Å². The monoisotopic (exact) mass is 234 g/mol. The molecule has 1 atom stereocenters. The molecule has 0 saturated carbocycles. The number of hydrogen-bond donors (Lipinski definition) is 2. The molecule has 0 aromatic carbocycles. The Hall–Kier alpha value is -1.95. The zero-order chi connectivity index (χ0) is 12.6. The van der Waals surface area contributed by atoms with E-state index in [1.807, 2.05) is 18.5 Å². The molecule has 0 spiro atoms. The quantitative estimate of drug-likeness (QED) is 0.801. The van der Waals surface area contributed by atoms with Crippen molar-refractivity contribution >= 4 is 17.1 Å². The SMILES string of the molecule is Cc1nc2c(C(CN)C(=O)O)ccnc2n1C. The molecule has 0 bridgehead atoms. The van der Waals surface area contributed by atoms with Crippen molar-refractivity contribution in [3.05, 3.63) is 23.7 Å². The summed E-state index contributed by atoms with van der Waals surface area (Å²) in [5.74, 6) is -0.890. The Morgan fingerprint density at radius 1 is 1.65 bits per heavy atom. The van der Waals surface area contributed by atoms with Gasteiger partial charge >= 0.3 is 5.97 Å². The maximum Gasteiger partial charge on any atom is 0.312 e. The van der Waals surface area contributed by atoms with Crippen molar-refractivity contribution < 1.29 is 9.90 Å². The van der Waals surface area contributed by atoms with E-state index in [1.165, 1.54) is 0 Å². The maximum absolute atomic E-state index is 11.1. The summed E-state index contributed by atoms with van der Waals surface area (Å²) in [7, 11) is 1.85. The van der Waals surface area contributed by atoms with Crippen LogP contribution in [0.1, 0.15) is 17.3 Å². The number of carbonyl (C=O) groups is 1. The van der Waals surface area contributed by atoms with Crippen LogP contribution >= 0.6 is 0 Å². The first-order valence-corrected chi connectivity index (χ1v) is 5.27. The fraction of sp³-hybridized carbons (Fsp3) is 0.364. The molecule has 2 aromatic rings. The van der Waals surface area contributed by atoms with Crippen molar-refractivity contribution in [1.82, 2.24) is 14.5 Å². The van der Waals surface area contributed by atoms with Gasteiger partial charge in [0.15, 0.2) is 5.65 Å². The lowest BCUT2D eigenvalue weighted by atomic mass is 10.00. The first kappa shape index (κ1) is 11.5. The molecule has 1 unspecified atom stereocenters. The van der Waals surface area contributed by atoms with Gasteiger partial charge in [-0.25, -0.2) is 9.97 Å². The summed E-state index contributed by atoms with van der Waals surface area (Å²) in [6.07, 6.45) is 1.59. The van der Waals surface area contributed by atoms with Gasteiger partial charge < -0.3 is 15.4 Å². The fourth-order valence-corrected chi connectivity index (χ4v) is 1.85. The van der Waals surface area contributed by atoms with Crippen LogP contribution in [0.3, 0.4) is 0 Å². The van der Waals surface area contributed by atoms with E-state index in [4.69, 9.17) is 10.8 Å². The first-order chi connectivity index (χ1) is 8.06. The summed E-state index contributed by atoms with van der Waals surface area (Å²) < 4.78 is 1.83. The van der Waals surface area contributed by atoms with Crippen LogP contribution in [0.5, 0.6) is 0 Å². The molecular formula is C11H14N4O2.